The van der Waals surface area contributed by atoms with Crippen LogP contribution < -0.4 is 21.8 Å². The number of hydrogen-bond donors (Lipinski definition) is 5. The molecule has 0 spiro atoms. The molecule has 6 atom stereocenters. The first-order valence-corrected chi connectivity index (χ1v) is 17.0. The molecule has 1 saturated heterocycles. The van der Waals surface area contributed by atoms with Gasteiger partial charge in [-0.1, -0.05) is 65.2 Å². The van der Waals surface area contributed by atoms with E-state index in [1.807, 2.05) is 0 Å². The van der Waals surface area contributed by atoms with Gasteiger partial charge in [0, 0.05) is 19.6 Å². The summed E-state index contributed by atoms with van der Waals surface area (Å²) in [5.74, 6) is 0.0844. The Morgan fingerprint density at radius 2 is 1.73 bits per heavy atom. The predicted molar refractivity (Wildman–Crippen MR) is 173 cm³/mol. The Labute approximate surface area is 268 Å². The summed E-state index contributed by atoms with van der Waals surface area (Å²) in [6, 6.07) is -0.809. The molecule has 1 heterocycles. The lowest BCUT2D eigenvalue weighted by Crippen LogP contribution is -2.65. The van der Waals surface area contributed by atoms with Crippen molar-refractivity contribution in [1.82, 2.24) is 16.1 Å². The first kappa shape index (κ1) is 37.0. The van der Waals surface area contributed by atoms with Crippen molar-refractivity contribution < 1.29 is 29.0 Å². The van der Waals surface area contributed by atoms with Crippen LogP contribution in [0.1, 0.15) is 118 Å². The lowest BCUT2D eigenvalue weighted by Gasteiger charge is -2.64. The second-order valence-corrected chi connectivity index (χ2v) is 14.4. The van der Waals surface area contributed by atoms with Gasteiger partial charge < -0.3 is 30.8 Å². The van der Waals surface area contributed by atoms with Crippen molar-refractivity contribution in [3.8, 4) is 0 Å². The summed E-state index contributed by atoms with van der Waals surface area (Å²) in [6.07, 6.45) is 10.4. The van der Waals surface area contributed by atoms with Gasteiger partial charge in [0.1, 0.15) is 6.04 Å². The molecule has 13 nitrogen and oxygen atoms in total. The second-order valence-electron chi connectivity index (χ2n) is 14.4. The number of guanidine groups is 1. The van der Waals surface area contributed by atoms with E-state index in [-0.39, 0.29) is 60.7 Å². The average Bonchev–Trinajstić information content (AvgIpc) is 3.32. The summed E-state index contributed by atoms with van der Waals surface area (Å²) in [7, 11) is -0.576. The molecule has 1 aliphatic heterocycles. The Hall–Kier alpha value is -2.45. The third-order valence-electron chi connectivity index (χ3n) is 10.2. The van der Waals surface area contributed by atoms with E-state index in [2.05, 4.69) is 50.2 Å². The minimum Gasteiger partial charge on any atom is -0.404 e. The minimum absolute atomic E-state index is 0.00730. The minimum atomic E-state index is -0.809. The van der Waals surface area contributed by atoms with Gasteiger partial charge in [0.2, 0.25) is 11.8 Å². The lowest BCUT2D eigenvalue weighted by molar-refractivity contribution is -0.525. The summed E-state index contributed by atoms with van der Waals surface area (Å²) in [5, 5.41) is 24.8. The molecule has 0 aromatic carbocycles. The molecule has 3 aliphatic carbocycles. The molecule has 0 unspecified atom stereocenters. The van der Waals surface area contributed by atoms with Gasteiger partial charge in [-0.2, -0.15) is 0 Å². The van der Waals surface area contributed by atoms with Gasteiger partial charge >= 0.3 is 7.12 Å². The van der Waals surface area contributed by atoms with Gasteiger partial charge in [-0.05, 0) is 75.0 Å². The number of nitrogens with one attached hydrogen (secondary N) is 3. The number of rotatable bonds is 20. The molecule has 4 rings (SSSR count). The SMILES string of the molecule is CC(C)C[C@H](NC(=O)[C@H](CCCN=C(N)N[N+](=O)[O-])NC(=O)CCCCCCCCCO)B1O[C@@H]2C[C@H]3C[C@H](C3(C)C)[C@]2(C)O1. The lowest BCUT2D eigenvalue weighted by atomic mass is 9.43. The number of hydrazine groups is 1. The predicted octanol–water partition coefficient (Wildman–Crippen LogP) is 3.26. The number of aliphatic hydroxyl groups excluding tert-OH is 1. The third-order valence-corrected chi connectivity index (χ3v) is 10.2. The average molecular weight is 637 g/mol. The van der Waals surface area contributed by atoms with E-state index in [4.69, 9.17) is 20.1 Å². The van der Waals surface area contributed by atoms with E-state index in [0.29, 0.717) is 31.1 Å². The highest BCUT2D eigenvalue weighted by molar-refractivity contribution is 6.48. The number of nitrogens with two attached hydrogens (primary N) is 1. The van der Waals surface area contributed by atoms with Crippen LogP contribution in [0.15, 0.2) is 4.99 Å². The molecule has 2 bridgehead atoms. The maximum Gasteiger partial charge on any atom is 0.481 e. The van der Waals surface area contributed by atoms with Crippen LogP contribution in [0.4, 0.5) is 0 Å². The van der Waals surface area contributed by atoms with Gasteiger partial charge in [0.05, 0.1) is 17.6 Å². The fourth-order valence-corrected chi connectivity index (χ4v) is 7.54. The zero-order valence-electron chi connectivity index (χ0n) is 28.0. The number of nitro groups is 1. The molecule has 0 radical (unpaired) electrons. The van der Waals surface area contributed by atoms with Crippen LogP contribution in [0, 0.1) is 33.3 Å². The number of nitrogens with zero attached hydrogens (tertiary/aromatic N) is 2. The molecule has 4 aliphatic rings. The fourth-order valence-electron chi connectivity index (χ4n) is 7.54. The molecule has 0 aromatic rings. The van der Waals surface area contributed by atoms with Crippen molar-refractivity contribution in [2.45, 2.75) is 142 Å². The topological polar surface area (TPSA) is 190 Å². The molecule has 2 amide bonds. The first-order valence-electron chi connectivity index (χ1n) is 17.0. The standard InChI is InChI=1S/C31H57BN6O7/c1-21(2)18-26(32-44-25-20-22-19-24(30(22,3)4)31(25,5)45-32)36-28(41)23(14-13-16-34-29(33)37-38(42)43)35-27(40)15-11-9-7-6-8-10-12-17-39/h21-26,39H,6-20H2,1-5H3,(H,35,40)(H,36,41)(H3,33,34,37)/t22-,23+,24-,25-,26+,31+/m1/s1. The number of hydrogen-bond acceptors (Lipinski definition) is 8. The number of unbranched alkanes of at least 4 members (excludes halogenated alkanes) is 6. The Kier molecular flexibility index (Phi) is 13.9. The largest absolute Gasteiger partial charge is 0.481 e. The number of carbonyl (C=O) groups excluding carboxylic acids is 2. The van der Waals surface area contributed by atoms with Crippen LogP contribution in [0.3, 0.4) is 0 Å². The van der Waals surface area contributed by atoms with Crippen molar-refractivity contribution in [3.63, 3.8) is 0 Å². The van der Waals surface area contributed by atoms with Crippen molar-refractivity contribution in [1.29, 1.82) is 0 Å². The van der Waals surface area contributed by atoms with Gasteiger partial charge in [-0.25, -0.2) is 15.1 Å². The quantitative estimate of drug-likeness (QED) is 0.0333. The van der Waals surface area contributed by atoms with Crippen LogP contribution in [0.5, 0.6) is 0 Å². The molecular formula is C31H57BN6O7. The summed E-state index contributed by atoms with van der Waals surface area (Å²) >= 11 is 0. The van der Waals surface area contributed by atoms with Crippen molar-refractivity contribution in [2.24, 2.45) is 33.9 Å². The Morgan fingerprint density at radius 1 is 1.07 bits per heavy atom. The zero-order valence-corrected chi connectivity index (χ0v) is 28.0. The number of amides is 2. The van der Waals surface area contributed by atoms with Crippen molar-refractivity contribution >= 4 is 24.9 Å². The first-order chi connectivity index (χ1) is 21.3. The van der Waals surface area contributed by atoms with Gasteiger partial charge in [-0.15, -0.1) is 0 Å². The summed E-state index contributed by atoms with van der Waals surface area (Å²) in [5.41, 5.74) is 7.14. The Balaban J connectivity index is 1.61. The van der Waals surface area contributed by atoms with E-state index in [1.54, 1.807) is 5.43 Å². The highest BCUT2D eigenvalue weighted by atomic mass is 16.7. The molecular weight excluding hydrogens is 579 g/mol. The van der Waals surface area contributed by atoms with Crippen LogP contribution in [-0.4, -0.2) is 71.9 Å². The van der Waals surface area contributed by atoms with Crippen LogP contribution in [-0.2, 0) is 18.9 Å². The van der Waals surface area contributed by atoms with E-state index < -0.39 is 23.8 Å². The number of aliphatic imine (C=N–C) groups is 1. The van der Waals surface area contributed by atoms with Crippen LogP contribution in [0.2, 0.25) is 0 Å². The fraction of sp³-hybridized carbons (Fsp3) is 0.903. The zero-order chi connectivity index (χ0) is 33.2. The third kappa shape index (κ3) is 10.3. The normalized spacial score (nSPS) is 26.5. The van der Waals surface area contributed by atoms with Crippen LogP contribution >= 0.6 is 0 Å². The number of carbonyl (C=O) groups is 2. The van der Waals surface area contributed by atoms with Gasteiger partial charge in [0.25, 0.3) is 5.96 Å². The van der Waals surface area contributed by atoms with E-state index in [1.165, 1.54) is 0 Å². The van der Waals surface area contributed by atoms with Crippen LogP contribution in [0.25, 0.3) is 0 Å². The molecule has 6 N–H and O–H groups in total. The van der Waals surface area contributed by atoms with E-state index in [0.717, 1.165) is 57.8 Å². The molecule has 0 aromatic heterocycles. The summed E-state index contributed by atoms with van der Waals surface area (Å²) in [4.78, 5) is 41.2. The molecule has 256 valence electrons. The van der Waals surface area contributed by atoms with E-state index >= 15 is 0 Å². The molecule has 3 saturated carbocycles. The number of aliphatic hydroxyl groups is 1. The maximum absolute atomic E-state index is 13.8. The Morgan fingerprint density at radius 3 is 2.36 bits per heavy atom. The summed E-state index contributed by atoms with van der Waals surface area (Å²) in [6.45, 7) is 11.4. The second kappa shape index (κ2) is 16.9. The van der Waals surface area contributed by atoms with Gasteiger partial charge in [-0.3, -0.25) is 9.59 Å². The van der Waals surface area contributed by atoms with Crippen molar-refractivity contribution in [3.05, 3.63) is 10.1 Å². The highest BCUT2D eigenvalue weighted by Crippen LogP contribution is 2.65. The maximum atomic E-state index is 13.8. The smallest absolute Gasteiger partial charge is 0.404 e. The molecule has 4 fully saturated rings. The van der Waals surface area contributed by atoms with E-state index in [9.17, 15) is 19.7 Å². The summed E-state index contributed by atoms with van der Waals surface area (Å²) < 4.78 is 13.2. The highest BCUT2D eigenvalue weighted by Gasteiger charge is 2.68. The molecule has 45 heavy (non-hydrogen) atoms. The van der Waals surface area contributed by atoms with Crippen molar-refractivity contribution in [2.75, 3.05) is 13.2 Å². The molecule has 14 heteroatoms. The van der Waals surface area contributed by atoms with Gasteiger partial charge in [0.15, 0.2) is 5.03 Å². The monoisotopic (exact) mass is 636 g/mol. The Bertz CT molecular complexity index is 1030.